The van der Waals surface area contributed by atoms with Gasteiger partial charge in [0.05, 0.1) is 19.8 Å². The van der Waals surface area contributed by atoms with Crippen LogP contribution in [0.5, 0.6) is 0 Å². The molecule has 0 spiro atoms. The SMILES string of the molecule is CC(=O)O.NCCOCCOCC(=O)O. The standard InChI is InChI=1S/C6H13NO4.C2H4O2/c7-1-2-10-3-4-11-5-6(8)9;1-2(3)4/h1-5,7H2,(H,8,9);1H3,(H,3,4). The maximum Gasteiger partial charge on any atom is 0.329 e. The Bertz CT molecular complexity index is 169. The van der Waals surface area contributed by atoms with Crippen LogP contribution in [0.2, 0.25) is 0 Å². The van der Waals surface area contributed by atoms with Crippen LogP contribution in [0.15, 0.2) is 0 Å². The number of nitrogens with two attached hydrogens (primary N) is 1. The van der Waals surface area contributed by atoms with E-state index in [1.54, 1.807) is 0 Å². The van der Waals surface area contributed by atoms with Crippen LogP contribution in [0, 0.1) is 0 Å². The first-order valence-electron chi connectivity index (χ1n) is 4.27. The summed E-state index contributed by atoms with van der Waals surface area (Å²) in [6.45, 7) is 2.46. The monoisotopic (exact) mass is 223 g/mol. The van der Waals surface area contributed by atoms with E-state index in [0.29, 0.717) is 26.4 Å². The predicted molar refractivity (Wildman–Crippen MR) is 51.6 cm³/mol. The maximum absolute atomic E-state index is 9.90. The second kappa shape index (κ2) is 12.8. The zero-order chi connectivity index (χ0) is 12.1. The van der Waals surface area contributed by atoms with E-state index in [1.165, 1.54) is 0 Å². The smallest absolute Gasteiger partial charge is 0.329 e. The molecule has 0 amide bonds. The summed E-state index contributed by atoms with van der Waals surface area (Å²) in [5, 5.41) is 15.5. The van der Waals surface area contributed by atoms with Gasteiger partial charge in [-0.05, 0) is 0 Å². The molecule has 0 saturated carbocycles. The molecule has 0 aliphatic rings. The molecule has 0 aromatic heterocycles. The van der Waals surface area contributed by atoms with Gasteiger partial charge in [-0.2, -0.15) is 0 Å². The van der Waals surface area contributed by atoms with Crippen LogP contribution < -0.4 is 5.73 Å². The van der Waals surface area contributed by atoms with Gasteiger partial charge in [0.25, 0.3) is 5.97 Å². The number of ether oxygens (including phenoxy) is 2. The minimum Gasteiger partial charge on any atom is -0.481 e. The van der Waals surface area contributed by atoms with Gasteiger partial charge in [0, 0.05) is 13.5 Å². The first-order valence-corrected chi connectivity index (χ1v) is 4.27. The molecular weight excluding hydrogens is 206 g/mol. The Hall–Kier alpha value is -1.18. The summed E-state index contributed by atoms with van der Waals surface area (Å²) < 4.78 is 9.60. The summed E-state index contributed by atoms with van der Waals surface area (Å²) >= 11 is 0. The topological polar surface area (TPSA) is 119 Å². The van der Waals surface area contributed by atoms with Crippen LogP contribution in [0.25, 0.3) is 0 Å². The molecule has 0 aromatic rings. The summed E-state index contributed by atoms with van der Waals surface area (Å²) in [5.74, 6) is -1.80. The number of hydrogen-bond donors (Lipinski definition) is 3. The Morgan fingerprint density at radius 2 is 1.60 bits per heavy atom. The van der Waals surface area contributed by atoms with Crippen molar-refractivity contribution in [1.82, 2.24) is 0 Å². The van der Waals surface area contributed by atoms with E-state index in [2.05, 4.69) is 4.74 Å². The second-order valence-corrected chi connectivity index (χ2v) is 2.37. The van der Waals surface area contributed by atoms with Crippen LogP contribution in [0.1, 0.15) is 6.92 Å². The quantitative estimate of drug-likeness (QED) is 0.481. The summed E-state index contributed by atoms with van der Waals surface area (Å²) in [4.78, 5) is 18.9. The second-order valence-electron chi connectivity index (χ2n) is 2.37. The fourth-order valence-corrected chi connectivity index (χ4v) is 0.463. The summed E-state index contributed by atoms with van der Waals surface area (Å²) in [6.07, 6.45) is 0. The van der Waals surface area contributed by atoms with Crippen LogP contribution in [0.3, 0.4) is 0 Å². The number of rotatable bonds is 7. The Balaban J connectivity index is 0. The van der Waals surface area contributed by atoms with Crippen LogP contribution >= 0.6 is 0 Å². The molecular formula is C8H17NO6. The molecule has 0 aliphatic heterocycles. The number of carboxylic acid groups (broad SMARTS) is 2. The first kappa shape index (κ1) is 16.3. The van der Waals surface area contributed by atoms with E-state index in [4.69, 9.17) is 25.5 Å². The normalized spacial score (nSPS) is 8.93. The molecule has 0 radical (unpaired) electrons. The Labute approximate surface area is 87.8 Å². The largest absolute Gasteiger partial charge is 0.481 e. The van der Waals surface area contributed by atoms with Crippen molar-refractivity contribution >= 4 is 11.9 Å². The molecule has 0 aromatic carbocycles. The molecule has 0 saturated heterocycles. The van der Waals surface area contributed by atoms with Gasteiger partial charge in [0.15, 0.2) is 0 Å². The lowest BCUT2D eigenvalue weighted by molar-refractivity contribution is -0.142. The van der Waals surface area contributed by atoms with E-state index >= 15 is 0 Å². The Morgan fingerprint density at radius 1 is 1.13 bits per heavy atom. The van der Waals surface area contributed by atoms with E-state index < -0.39 is 11.9 Å². The van der Waals surface area contributed by atoms with Crippen LogP contribution in [-0.4, -0.2) is 55.1 Å². The summed E-state index contributed by atoms with van der Waals surface area (Å²) in [6, 6.07) is 0. The van der Waals surface area contributed by atoms with E-state index in [-0.39, 0.29) is 6.61 Å². The van der Waals surface area contributed by atoms with E-state index in [9.17, 15) is 4.79 Å². The van der Waals surface area contributed by atoms with Crippen molar-refractivity contribution in [2.24, 2.45) is 5.73 Å². The Kier molecular flexibility index (Phi) is 13.9. The third kappa shape index (κ3) is 32.3. The lowest BCUT2D eigenvalue weighted by atomic mass is 10.7. The minimum atomic E-state index is -0.969. The van der Waals surface area contributed by atoms with Gasteiger partial charge in [-0.25, -0.2) is 4.79 Å². The van der Waals surface area contributed by atoms with Gasteiger partial charge >= 0.3 is 5.97 Å². The predicted octanol–water partition coefficient (Wildman–Crippen LogP) is -0.846. The molecule has 7 heteroatoms. The van der Waals surface area contributed by atoms with Gasteiger partial charge in [-0.3, -0.25) is 4.79 Å². The lowest BCUT2D eigenvalue weighted by Gasteiger charge is -2.01. The fraction of sp³-hybridized carbons (Fsp3) is 0.750. The van der Waals surface area contributed by atoms with Crippen LogP contribution in [-0.2, 0) is 19.1 Å². The summed E-state index contributed by atoms with van der Waals surface area (Å²) in [5.41, 5.74) is 5.13. The molecule has 0 heterocycles. The van der Waals surface area contributed by atoms with Crippen LogP contribution in [0.4, 0.5) is 0 Å². The molecule has 0 aliphatic carbocycles. The molecule has 7 nitrogen and oxygen atoms in total. The maximum atomic E-state index is 9.90. The van der Waals surface area contributed by atoms with Crippen molar-refractivity contribution in [3.8, 4) is 0 Å². The van der Waals surface area contributed by atoms with Crippen molar-refractivity contribution in [2.45, 2.75) is 6.92 Å². The molecule has 0 bridgehead atoms. The van der Waals surface area contributed by atoms with Gasteiger partial charge in [0.2, 0.25) is 0 Å². The highest BCUT2D eigenvalue weighted by atomic mass is 16.5. The first-order chi connectivity index (χ1) is 7.00. The van der Waals surface area contributed by atoms with Gasteiger partial charge in [-0.1, -0.05) is 0 Å². The van der Waals surface area contributed by atoms with Crippen molar-refractivity contribution in [2.75, 3.05) is 33.0 Å². The fourth-order valence-electron chi connectivity index (χ4n) is 0.463. The number of hydrogen-bond acceptors (Lipinski definition) is 5. The molecule has 0 fully saturated rings. The highest BCUT2D eigenvalue weighted by Gasteiger charge is 1.94. The van der Waals surface area contributed by atoms with Crippen molar-refractivity contribution in [3.63, 3.8) is 0 Å². The van der Waals surface area contributed by atoms with Gasteiger partial charge < -0.3 is 25.4 Å². The van der Waals surface area contributed by atoms with Crippen molar-refractivity contribution in [3.05, 3.63) is 0 Å². The molecule has 15 heavy (non-hydrogen) atoms. The molecule has 4 N–H and O–H groups in total. The molecule has 90 valence electrons. The zero-order valence-electron chi connectivity index (χ0n) is 8.64. The average molecular weight is 223 g/mol. The number of carbonyl (C=O) groups is 2. The van der Waals surface area contributed by atoms with Crippen molar-refractivity contribution < 1.29 is 29.3 Å². The third-order valence-corrected chi connectivity index (χ3v) is 0.860. The lowest BCUT2D eigenvalue weighted by Crippen LogP contribution is -2.14. The Morgan fingerprint density at radius 3 is 2.00 bits per heavy atom. The van der Waals surface area contributed by atoms with Gasteiger partial charge in [-0.15, -0.1) is 0 Å². The summed E-state index contributed by atoms with van der Waals surface area (Å²) in [7, 11) is 0. The molecule has 0 atom stereocenters. The zero-order valence-corrected chi connectivity index (χ0v) is 8.64. The number of carboxylic acids is 2. The minimum absolute atomic E-state index is 0.272. The number of aliphatic carboxylic acids is 2. The van der Waals surface area contributed by atoms with Crippen molar-refractivity contribution in [1.29, 1.82) is 0 Å². The molecule has 0 rings (SSSR count). The average Bonchev–Trinajstić information content (AvgIpc) is 2.09. The van der Waals surface area contributed by atoms with E-state index in [0.717, 1.165) is 6.92 Å². The van der Waals surface area contributed by atoms with Gasteiger partial charge in [0.1, 0.15) is 6.61 Å². The highest BCUT2D eigenvalue weighted by Crippen LogP contribution is 1.77. The molecule has 0 unspecified atom stereocenters. The third-order valence-electron chi connectivity index (χ3n) is 0.860. The highest BCUT2D eigenvalue weighted by molar-refractivity contribution is 5.67. The van der Waals surface area contributed by atoms with E-state index in [1.807, 2.05) is 0 Å².